The van der Waals surface area contributed by atoms with Crippen molar-refractivity contribution in [3.63, 3.8) is 0 Å². The highest BCUT2D eigenvalue weighted by molar-refractivity contribution is 7.87. The molecule has 0 bridgehead atoms. The van der Waals surface area contributed by atoms with Gasteiger partial charge >= 0.3 is 0 Å². The quantitative estimate of drug-likeness (QED) is 0.856. The van der Waals surface area contributed by atoms with Crippen LogP contribution in [-0.4, -0.2) is 21.1 Å². The highest BCUT2D eigenvalue weighted by atomic mass is 32.2. The standard InChI is InChI=1S/C13H19NO3S/c1-9(2)17-18(15,16)12-6-4-5-11-7-10(3)8-14-13(11)12/h4-6,9-10,14H,7-8H2,1-3H3. The van der Waals surface area contributed by atoms with Crippen molar-refractivity contribution in [3.8, 4) is 0 Å². The summed E-state index contributed by atoms with van der Waals surface area (Å²) in [6.07, 6.45) is 0.543. The molecule has 1 aromatic carbocycles. The number of rotatable bonds is 3. The molecule has 0 aliphatic carbocycles. The first-order valence-electron chi connectivity index (χ1n) is 6.19. The van der Waals surface area contributed by atoms with E-state index in [4.69, 9.17) is 4.18 Å². The number of hydrogen-bond donors (Lipinski definition) is 1. The van der Waals surface area contributed by atoms with Gasteiger partial charge in [0.1, 0.15) is 4.90 Å². The average Bonchev–Trinajstić information content (AvgIpc) is 2.26. The second kappa shape index (κ2) is 4.90. The predicted octanol–water partition coefficient (Wildman–Crippen LogP) is 2.40. The zero-order valence-corrected chi connectivity index (χ0v) is 11.8. The Bertz CT molecular complexity index is 537. The van der Waals surface area contributed by atoms with Crippen molar-refractivity contribution in [2.24, 2.45) is 5.92 Å². The Balaban J connectivity index is 2.44. The van der Waals surface area contributed by atoms with E-state index in [2.05, 4.69) is 12.2 Å². The topological polar surface area (TPSA) is 55.4 Å². The van der Waals surface area contributed by atoms with Crippen molar-refractivity contribution >= 4 is 15.8 Å². The summed E-state index contributed by atoms with van der Waals surface area (Å²) in [4.78, 5) is 0.251. The smallest absolute Gasteiger partial charge is 0.299 e. The van der Waals surface area contributed by atoms with Crippen LogP contribution in [0.4, 0.5) is 5.69 Å². The van der Waals surface area contributed by atoms with E-state index in [0.717, 1.165) is 18.5 Å². The summed E-state index contributed by atoms with van der Waals surface area (Å²) in [5, 5.41) is 3.20. The Labute approximate surface area is 108 Å². The number of benzene rings is 1. The van der Waals surface area contributed by atoms with E-state index in [9.17, 15) is 8.42 Å². The highest BCUT2D eigenvalue weighted by Gasteiger charge is 2.25. The van der Waals surface area contributed by atoms with Gasteiger partial charge in [-0.2, -0.15) is 8.42 Å². The molecule has 1 aromatic rings. The van der Waals surface area contributed by atoms with Crippen LogP contribution in [0.1, 0.15) is 26.3 Å². The SMILES string of the molecule is CC1CNc2c(cccc2S(=O)(=O)OC(C)C)C1. The lowest BCUT2D eigenvalue weighted by Crippen LogP contribution is -2.23. The molecule has 0 amide bonds. The van der Waals surface area contributed by atoms with Gasteiger partial charge in [0.15, 0.2) is 0 Å². The van der Waals surface area contributed by atoms with E-state index < -0.39 is 10.1 Å². The fourth-order valence-electron chi connectivity index (χ4n) is 2.18. The Morgan fingerprint density at radius 2 is 2.11 bits per heavy atom. The molecule has 4 nitrogen and oxygen atoms in total. The van der Waals surface area contributed by atoms with Crippen LogP contribution >= 0.6 is 0 Å². The molecule has 1 atom stereocenters. The molecule has 0 saturated carbocycles. The molecule has 2 rings (SSSR count). The minimum absolute atomic E-state index is 0.251. The fourth-order valence-corrected chi connectivity index (χ4v) is 3.49. The Morgan fingerprint density at radius 1 is 1.39 bits per heavy atom. The van der Waals surface area contributed by atoms with Crippen molar-refractivity contribution in [1.29, 1.82) is 0 Å². The van der Waals surface area contributed by atoms with Crippen LogP contribution in [0.5, 0.6) is 0 Å². The van der Waals surface area contributed by atoms with Gasteiger partial charge in [-0.1, -0.05) is 19.1 Å². The molecule has 0 radical (unpaired) electrons. The summed E-state index contributed by atoms with van der Waals surface area (Å²) in [7, 11) is -3.68. The molecule has 1 heterocycles. The van der Waals surface area contributed by atoms with E-state index in [1.54, 1.807) is 26.0 Å². The third-order valence-corrected chi connectivity index (χ3v) is 4.41. The van der Waals surface area contributed by atoms with Crippen molar-refractivity contribution in [2.45, 2.75) is 38.2 Å². The number of fused-ring (bicyclic) bond motifs is 1. The molecule has 100 valence electrons. The molecule has 1 aliphatic rings. The average molecular weight is 269 g/mol. The first kappa shape index (κ1) is 13.4. The van der Waals surface area contributed by atoms with E-state index in [-0.39, 0.29) is 11.0 Å². The Kier molecular flexibility index (Phi) is 3.64. The van der Waals surface area contributed by atoms with Crippen LogP contribution in [0.3, 0.4) is 0 Å². The summed E-state index contributed by atoms with van der Waals surface area (Å²) in [5.41, 5.74) is 1.75. The zero-order chi connectivity index (χ0) is 13.3. The molecule has 1 aliphatic heterocycles. The molecule has 0 spiro atoms. The largest absolute Gasteiger partial charge is 0.383 e. The third kappa shape index (κ3) is 2.67. The van der Waals surface area contributed by atoms with Gasteiger partial charge in [0.05, 0.1) is 11.8 Å². The first-order chi connectivity index (χ1) is 8.40. The number of para-hydroxylation sites is 1. The number of hydrogen-bond acceptors (Lipinski definition) is 4. The van der Waals surface area contributed by atoms with Gasteiger partial charge in [-0.05, 0) is 37.8 Å². The lowest BCUT2D eigenvalue weighted by atomic mass is 9.96. The first-order valence-corrected chi connectivity index (χ1v) is 7.60. The molecule has 0 fully saturated rings. The molecule has 1 unspecified atom stereocenters. The van der Waals surface area contributed by atoms with Crippen LogP contribution in [0.25, 0.3) is 0 Å². The van der Waals surface area contributed by atoms with Gasteiger partial charge in [0.2, 0.25) is 0 Å². The van der Waals surface area contributed by atoms with E-state index in [1.165, 1.54) is 0 Å². The van der Waals surface area contributed by atoms with Crippen molar-refractivity contribution in [3.05, 3.63) is 23.8 Å². The number of nitrogens with one attached hydrogen (secondary N) is 1. The van der Waals surface area contributed by atoms with E-state index in [0.29, 0.717) is 11.6 Å². The van der Waals surface area contributed by atoms with Gasteiger partial charge in [0.25, 0.3) is 10.1 Å². The minimum atomic E-state index is -3.68. The molecule has 0 aromatic heterocycles. The molecule has 18 heavy (non-hydrogen) atoms. The third-order valence-electron chi connectivity index (χ3n) is 2.90. The summed E-state index contributed by atoms with van der Waals surface area (Å²) >= 11 is 0. The van der Waals surface area contributed by atoms with Crippen LogP contribution in [0, 0.1) is 5.92 Å². The maximum atomic E-state index is 12.1. The van der Waals surface area contributed by atoms with E-state index in [1.807, 2.05) is 6.07 Å². The second-order valence-corrected chi connectivity index (χ2v) is 6.62. The van der Waals surface area contributed by atoms with Crippen LogP contribution < -0.4 is 5.32 Å². The van der Waals surface area contributed by atoms with Gasteiger partial charge in [-0.25, -0.2) is 0 Å². The summed E-state index contributed by atoms with van der Waals surface area (Å²) in [6, 6.07) is 5.33. The summed E-state index contributed by atoms with van der Waals surface area (Å²) in [6.45, 7) is 6.35. The lowest BCUT2D eigenvalue weighted by Gasteiger charge is -2.25. The minimum Gasteiger partial charge on any atom is -0.383 e. The van der Waals surface area contributed by atoms with Crippen molar-refractivity contribution in [2.75, 3.05) is 11.9 Å². The molecule has 5 heteroatoms. The maximum Gasteiger partial charge on any atom is 0.299 e. The van der Waals surface area contributed by atoms with Gasteiger partial charge in [-0.15, -0.1) is 0 Å². The molecular weight excluding hydrogens is 250 g/mol. The van der Waals surface area contributed by atoms with Gasteiger partial charge in [0, 0.05) is 6.54 Å². The molecule has 0 saturated heterocycles. The maximum absolute atomic E-state index is 12.1. The molecule has 1 N–H and O–H groups in total. The van der Waals surface area contributed by atoms with Crippen molar-refractivity contribution in [1.82, 2.24) is 0 Å². The summed E-state index contributed by atoms with van der Waals surface area (Å²) in [5.74, 6) is 0.515. The Morgan fingerprint density at radius 3 is 2.78 bits per heavy atom. The normalized spacial score (nSPS) is 19.4. The predicted molar refractivity (Wildman–Crippen MR) is 71.2 cm³/mol. The highest BCUT2D eigenvalue weighted by Crippen LogP contribution is 2.32. The van der Waals surface area contributed by atoms with Crippen molar-refractivity contribution < 1.29 is 12.6 Å². The van der Waals surface area contributed by atoms with Crippen LogP contribution in [0.2, 0.25) is 0 Å². The molecular formula is C13H19NO3S. The van der Waals surface area contributed by atoms with Crippen LogP contribution in [0.15, 0.2) is 23.1 Å². The fraction of sp³-hybridized carbons (Fsp3) is 0.538. The Hall–Kier alpha value is -1.07. The summed E-state index contributed by atoms with van der Waals surface area (Å²) < 4.78 is 29.3. The second-order valence-electron chi connectivity index (χ2n) is 5.08. The van der Waals surface area contributed by atoms with E-state index >= 15 is 0 Å². The van der Waals surface area contributed by atoms with Gasteiger partial charge < -0.3 is 5.32 Å². The monoisotopic (exact) mass is 269 g/mol. The lowest BCUT2D eigenvalue weighted by molar-refractivity contribution is 0.249. The van der Waals surface area contributed by atoms with Gasteiger partial charge in [-0.3, -0.25) is 4.18 Å². The zero-order valence-electron chi connectivity index (χ0n) is 10.9. The number of anilines is 1. The van der Waals surface area contributed by atoms with Crippen LogP contribution in [-0.2, 0) is 20.7 Å².